The van der Waals surface area contributed by atoms with Crippen LogP contribution in [-0.4, -0.2) is 84.0 Å². The number of halogens is 1. The van der Waals surface area contributed by atoms with Gasteiger partial charge in [-0.05, 0) is 31.0 Å². The monoisotopic (exact) mass is 501 g/mol. The largest absolute Gasteiger partial charge is 0.508 e. The van der Waals surface area contributed by atoms with E-state index in [1.54, 1.807) is 31.2 Å². The van der Waals surface area contributed by atoms with Crippen LogP contribution in [0.3, 0.4) is 0 Å². The van der Waals surface area contributed by atoms with Crippen molar-refractivity contribution < 1.29 is 33.7 Å². The maximum Gasteiger partial charge on any atom is 0.254 e. The van der Waals surface area contributed by atoms with Crippen LogP contribution < -0.4 is 10.6 Å². The lowest BCUT2D eigenvalue weighted by Gasteiger charge is -2.30. The topological polar surface area (TPSA) is 128 Å². The molecule has 0 radical (unpaired) electrons. The van der Waals surface area contributed by atoms with Gasteiger partial charge in [-0.2, -0.15) is 0 Å². The number of nitrogens with one attached hydrogen (secondary N) is 2. The zero-order valence-electron chi connectivity index (χ0n) is 20.3. The minimum atomic E-state index is -1.74. The van der Waals surface area contributed by atoms with Crippen LogP contribution in [0.1, 0.15) is 27.9 Å². The number of benzene rings is 2. The number of nitrogens with zero attached hydrogens (tertiary/aromatic N) is 1. The molecule has 1 heterocycles. The molecular weight excluding hydrogens is 469 g/mol. The normalized spacial score (nSPS) is 18.9. The van der Waals surface area contributed by atoms with Crippen molar-refractivity contribution in [3.63, 3.8) is 0 Å². The highest BCUT2D eigenvalue weighted by atomic mass is 19.1. The van der Waals surface area contributed by atoms with Crippen molar-refractivity contribution in [3.8, 4) is 5.75 Å². The summed E-state index contributed by atoms with van der Waals surface area (Å²) in [4.78, 5) is 40.0. The number of aliphatic hydroxyl groups is 1. The maximum atomic E-state index is 14.3. The van der Waals surface area contributed by atoms with Gasteiger partial charge in [0.25, 0.3) is 11.8 Å². The molecule has 1 saturated heterocycles. The molecular formula is C26H32FN3O6. The van der Waals surface area contributed by atoms with Gasteiger partial charge in [-0.1, -0.05) is 36.4 Å². The molecule has 0 bridgehead atoms. The van der Waals surface area contributed by atoms with E-state index in [4.69, 9.17) is 4.74 Å². The average Bonchev–Trinajstić information content (AvgIpc) is 3.26. The fraction of sp³-hybridized carbons (Fsp3) is 0.423. The molecule has 10 heteroatoms. The Morgan fingerprint density at radius 2 is 1.89 bits per heavy atom. The van der Waals surface area contributed by atoms with Gasteiger partial charge in [-0.3, -0.25) is 14.4 Å². The summed E-state index contributed by atoms with van der Waals surface area (Å²) in [5.41, 5.74) is 1.29. The van der Waals surface area contributed by atoms with Crippen LogP contribution in [0.5, 0.6) is 5.75 Å². The first-order valence-corrected chi connectivity index (χ1v) is 11.8. The lowest BCUT2D eigenvalue weighted by atomic mass is 9.98. The zero-order chi connectivity index (χ0) is 26.2. The van der Waals surface area contributed by atoms with Gasteiger partial charge in [0.05, 0.1) is 19.2 Å². The smallest absolute Gasteiger partial charge is 0.254 e. The van der Waals surface area contributed by atoms with Crippen molar-refractivity contribution in [2.24, 2.45) is 0 Å². The van der Waals surface area contributed by atoms with Crippen molar-refractivity contribution in [2.75, 3.05) is 26.8 Å². The highest BCUT2D eigenvalue weighted by molar-refractivity contribution is 5.97. The molecule has 3 rings (SSSR count). The van der Waals surface area contributed by atoms with Crippen LogP contribution >= 0.6 is 0 Å². The molecule has 36 heavy (non-hydrogen) atoms. The van der Waals surface area contributed by atoms with E-state index in [1.807, 2.05) is 6.07 Å². The summed E-state index contributed by atoms with van der Waals surface area (Å²) in [5, 5.41) is 26.4. The van der Waals surface area contributed by atoms with E-state index in [0.29, 0.717) is 5.56 Å². The van der Waals surface area contributed by atoms with Crippen LogP contribution in [0.15, 0.2) is 48.5 Å². The van der Waals surface area contributed by atoms with Crippen molar-refractivity contribution in [2.45, 2.75) is 44.1 Å². The number of hydrogen-bond acceptors (Lipinski definition) is 6. The molecule has 4 N–H and O–H groups in total. The first-order valence-electron chi connectivity index (χ1n) is 11.8. The first kappa shape index (κ1) is 27.1. The molecule has 4 atom stereocenters. The Morgan fingerprint density at radius 3 is 2.58 bits per heavy atom. The predicted octanol–water partition coefficient (Wildman–Crippen LogP) is 1.10. The van der Waals surface area contributed by atoms with Gasteiger partial charge >= 0.3 is 0 Å². The molecule has 0 aromatic heterocycles. The molecule has 1 aliphatic rings. The van der Waals surface area contributed by atoms with Gasteiger partial charge in [0.1, 0.15) is 18.0 Å². The summed E-state index contributed by atoms with van der Waals surface area (Å²) in [6.07, 6.45) is -3.24. The minimum Gasteiger partial charge on any atom is -0.508 e. The predicted molar refractivity (Wildman–Crippen MR) is 130 cm³/mol. The van der Waals surface area contributed by atoms with Crippen LogP contribution in [-0.2, 0) is 20.7 Å². The van der Waals surface area contributed by atoms with E-state index in [9.17, 15) is 29.0 Å². The number of likely N-dealkylation sites (tertiary alicyclic amines) is 1. The second kappa shape index (κ2) is 12.5. The van der Waals surface area contributed by atoms with Gasteiger partial charge in [0.15, 0.2) is 6.10 Å². The molecule has 0 aliphatic carbocycles. The Labute approximate surface area is 209 Å². The number of aromatic hydroxyl groups is 1. The lowest BCUT2D eigenvalue weighted by molar-refractivity contribution is -0.146. The van der Waals surface area contributed by atoms with E-state index in [-0.39, 0.29) is 43.9 Å². The summed E-state index contributed by atoms with van der Waals surface area (Å²) in [6, 6.07) is 11.3. The lowest BCUT2D eigenvalue weighted by Crippen LogP contribution is -2.56. The summed E-state index contributed by atoms with van der Waals surface area (Å²) >= 11 is 0. The molecule has 9 nitrogen and oxygen atoms in total. The Morgan fingerprint density at radius 1 is 1.17 bits per heavy atom. The van der Waals surface area contributed by atoms with Gasteiger partial charge in [-0.25, -0.2) is 4.39 Å². The fourth-order valence-corrected chi connectivity index (χ4v) is 4.24. The second-order valence-electron chi connectivity index (χ2n) is 8.79. The first-order chi connectivity index (χ1) is 17.2. The van der Waals surface area contributed by atoms with Gasteiger partial charge < -0.3 is 30.5 Å². The van der Waals surface area contributed by atoms with Crippen LogP contribution in [0, 0.1) is 6.92 Å². The number of rotatable bonds is 10. The average molecular weight is 502 g/mol. The van der Waals surface area contributed by atoms with Crippen molar-refractivity contribution in [1.29, 1.82) is 0 Å². The Balaban J connectivity index is 1.82. The molecule has 1 fully saturated rings. The van der Waals surface area contributed by atoms with Crippen molar-refractivity contribution >= 4 is 17.7 Å². The fourth-order valence-electron chi connectivity index (χ4n) is 4.24. The van der Waals surface area contributed by atoms with Gasteiger partial charge in [-0.15, -0.1) is 0 Å². The summed E-state index contributed by atoms with van der Waals surface area (Å²) in [5.74, 6) is -2.04. The molecule has 2 aromatic rings. The Kier molecular flexibility index (Phi) is 9.38. The molecule has 0 spiro atoms. The van der Waals surface area contributed by atoms with E-state index in [1.165, 1.54) is 25.3 Å². The van der Waals surface area contributed by atoms with E-state index < -0.39 is 42.1 Å². The Hall–Kier alpha value is -3.50. The third kappa shape index (κ3) is 6.58. The van der Waals surface area contributed by atoms with E-state index in [2.05, 4.69) is 10.6 Å². The highest BCUT2D eigenvalue weighted by Crippen LogP contribution is 2.24. The molecule has 1 aliphatic heterocycles. The molecule has 0 saturated carbocycles. The number of hydrogen-bond donors (Lipinski definition) is 4. The van der Waals surface area contributed by atoms with Crippen LogP contribution in [0.25, 0.3) is 0 Å². The standard InChI is InChI=1S/C26H32FN3O6/c1-16-19(9-6-10-22(16)31)24(33)29-20(13-17-7-4-3-5-8-17)23(32)26(35)30-15-18(27)14-21(30)25(34)28-11-12-36-2/h3-10,18,20-21,23,31-32H,11-15H2,1-2H3,(H,28,34)(H,29,33). The second-order valence-corrected chi connectivity index (χ2v) is 8.79. The summed E-state index contributed by atoms with van der Waals surface area (Å²) in [6.45, 7) is 1.70. The molecule has 4 unspecified atom stereocenters. The van der Waals surface area contributed by atoms with Gasteiger partial charge in [0.2, 0.25) is 5.91 Å². The molecule has 2 aromatic carbocycles. The van der Waals surface area contributed by atoms with E-state index >= 15 is 0 Å². The minimum absolute atomic E-state index is 0.0627. The van der Waals surface area contributed by atoms with Crippen molar-refractivity contribution in [3.05, 3.63) is 65.2 Å². The Bertz CT molecular complexity index is 1070. The van der Waals surface area contributed by atoms with Gasteiger partial charge in [0, 0.05) is 31.2 Å². The quantitative estimate of drug-likeness (QED) is 0.361. The zero-order valence-corrected chi connectivity index (χ0v) is 20.3. The number of amides is 3. The highest BCUT2D eigenvalue weighted by Gasteiger charge is 2.43. The number of methoxy groups -OCH3 is 1. The number of phenols is 1. The number of carbonyl (C=O) groups is 3. The molecule has 3 amide bonds. The van der Waals surface area contributed by atoms with Crippen LogP contribution in [0.4, 0.5) is 4.39 Å². The number of phenolic OH excluding ortho intramolecular Hbond substituents is 1. The number of aliphatic hydroxyl groups excluding tert-OH is 1. The number of alkyl halides is 1. The SMILES string of the molecule is COCCNC(=O)C1CC(F)CN1C(=O)C(O)C(Cc1ccccc1)NC(=O)c1cccc(O)c1C. The van der Waals surface area contributed by atoms with Crippen LogP contribution in [0.2, 0.25) is 0 Å². The summed E-state index contributed by atoms with van der Waals surface area (Å²) < 4.78 is 19.2. The number of carbonyl (C=O) groups excluding carboxylic acids is 3. The van der Waals surface area contributed by atoms with Crippen molar-refractivity contribution in [1.82, 2.24) is 15.5 Å². The maximum absolute atomic E-state index is 14.3. The third-order valence-corrected chi connectivity index (χ3v) is 6.24. The summed E-state index contributed by atoms with van der Waals surface area (Å²) in [7, 11) is 1.48. The third-order valence-electron chi connectivity index (χ3n) is 6.24. The number of ether oxygens (including phenoxy) is 1. The molecule has 194 valence electrons. The van der Waals surface area contributed by atoms with E-state index in [0.717, 1.165) is 10.5 Å².